The molecule has 0 saturated heterocycles. The number of carbonyl (C=O) groups excluding carboxylic acids is 1. The topological polar surface area (TPSA) is 40.5 Å². The van der Waals surface area contributed by atoms with Crippen LogP contribution in [-0.4, -0.2) is 25.1 Å². The van der Waals surface area contributed by atoms with Gasteiger partial charge in [-0.2, -0.15) is 0 Å². The Morgan fingerprint density at radius 2 is 1.94 bits per heavy atom. The van der Waals surface area contributed by atoms with Crippen LogP contribution in [0.1, 0.15) is 10.5 Å². The van der Waals surface area contributed by atoms with Crippen LogP contribution < -0.4 is 9.47 Å². The fourth-order valence-corrected chi connectivity index (χ4v) is 1.98. The highest BCUT2D eigenvalue weighted by Gasteiger charge is 2.13. The SMILES string of the molecule is COc1cc(OC)c(-n2cccc2C=O)cc1Cl. The number of aldehydes is 1. The Morgan fingerprint density at radius 1 is 1.22 bits per heavy atom. The van der Waals surface area contributed by atoms with E-state index in [-0.39, 0.29) is 0 Å². The maximum absolute atomic E-state index is 11.0. The van der Waals surface area contributed by atoms with Crippen LogP contribution in [0.3, 0.4) is 0 Å². The quantitative estimate of drug-likeness (QED) is 0.798. The molecule has 0 saturated carbocycles. The summed E-state index contributed by atoms with van der Waals surface area (Å²) in [7, 11) is 3.09. The molecule has 2 rings (SSSR count). The highest BCUT2D eigenvalue weighted by atomic mass is 35.5. The van der Waals surface area contributed by atoms with Gasteiger partial charge in [0.15, 0.2) is 6.29 Å². The Bertz CT molecular complexity index is 578. The lowest BCUT2D eigenvalue weighted by Crippen LogP contribution is -2.01. The second-order valence-corrected chi connectivity index (χ2v) is 3.99. The molecule has 1 aromatic heterocycles. The normalized spacial score (nSPS) is 10.2. The summed E-state index contributed by atoms with van der Waals surface area (Å²) in [6.07, 6.45) is 2.54. The molecule has 0 unspecified atom stereocenters. The fraction of sp³-hybridized carbons (Fsp3) is 0.154. The summed E-state index contributed by atoms with van der Waals surface area (Å²) in [6.45, 7) is 0. The second-order valence-electron chi connectivity index (χ2n) is 3.58. The van der Waals surface area contributed by atoms with Gasteiger partial charge in [-0.15, -0.1) is 0 Å². The van der Waals surface area contributed by atoms with Gasteiger partial charge in [0, 0.05) is 12.3 Å². The third-order valence-electron chi connectivity index (χ3n) is 2.61. The van der Waals surface area contributed by atoms with Crippen molar-refractivity contribution in [3.8, 4) is 17.2 Å². The molecule has 1 aromatic carbocycles. The summed E-state index contributed by atoms with van der Waals surface area (Å²) >= 11 is 6.09. The van der Waals surface area contributed by atoms with Crippen molar-refractivity contribution < 1.29 is 14.3 Å². The molecule has 18 heavy (non-hydrogen) atoms. The molecule has 0 fully saturated rings. The first-order valence-corrected chi connectivity index (χ1v) is 5.63. The Hall–Kier alpha value is -1.94. The number of nitrogens with zero attached hydrogens (tertiary/aromatic N) is 1. The van der Waals surface area contributed by atoms with Gasteiger partial charge in [-0.3, -0.25) is 4.79 Å². The maximum atomic E-state index is 11.0. The molecule has 4 nitrogen and oxygen atoms in total. The summed E-state index contributed by atoms with van der Waals surface area (Å²) in [5.74, 6) is 1.10. The van der Waals surface area contributed by atoms with Crippen LogP contribution in [0.25, 0.3) is 5.69 Å². The molecule has 1 heterocycles. The molecule has 2 aromatic rings. The van der Waals surface area contributed by atoms with E-state index < -0.39 is 0 Å². The molecular formula is C13H12ClNO3. The van der Waals surface area contributed by atoms with Crippen molar-refractivity contribution in [2.75, 3.05) is 14.2 Å². The summed E-state index contributed by atoms with van der Waals surface area (Å²) in [5, 5.41) is 0.457. The van der Waals surface area contributed by atoms with Gasteiger partial charge in [0.25, 0.3) is 0 Å². The lowest BCUT2D eigenvalue weighted by molar-refractivity contribution is 0.111. The minimum Gasteiger partial charge on any atom is -0.495 e. The van der Waals surface area contributed by atoms with Crippen LogP contribution >= 0.6 is 11.6 Å². The molecule has 0 aliphatic rings. The third-order valence-corrected chi connectivity index (χ3v) is 2.91. The first-order valence-electron chi connectivity index (χ1n) is 5.25. The standard InChI is InChI=1S/C13H12ClNO3/c1-17-12-7-13(18-2)11(6-10(12)14)15-5-3-4-9(15)8-16/h3-8H,1-2H3. The van der Waals surface area contributed by atoms with Crippen LogP contribution in [0.5, 0.6) is 11.5 Å². The summed E-state index contributed by atoms with van der Waals surface area (Å²) in [5.41, 5.74) is 1.21. The Kier molecular flexibility index (Phi) is 3.58. The molecule has 94 valence electrons. The van der Waals surface area contributed by atoms with Crippen molar-refractivity contribution in [2.24, 2.45) is 0 Å². The summed E-state index contributed by atoms with van der Waals surface area (Å²) < 4.78 is 12.1. The number of aromatic nitrogens is 1. The lowest BCUT2D eigenvalue weighted by atomic mass is 10.2. The lowest BCUT2D eigenvalue weighted by Gasteiger charge is -2.13. The third kappa shape index (κ3) is 2.07. The molecule has 0 bridgehead atoms. The highest BCUT2D eigenvalue weighted by molar-refractivity contribution is 6.32. The van der Waals surface area contributed by atoms with Crippen LogP contribution in [0.4, 0.5) is 0 Å². The molecule has 0 N–H and O–H groups in total. The molecule has 0 atom stereocenters. The minimum absolute atomic E-state index is 0.457. The van der Waals surface area contributed by atoms with E-state index in [1.807, 2.05) is 0 Å². The van der Waals surface area contributed by atoms with Gasteiger partial charge >= 0.3 is 0 Å². The number of hydrogen-bond acceptors (Lipinski definition) is 3. The molecule has 0 spiro atoms. The van der Waals surface area contributed by atoms with Gasteiger partial charge in [-0.05, 0) is 18.2 Å². The monoisotopic (exact) mass is 265 g/mol. The first kappa shape index (κ1) is 12.5. The van der Waals surface area contributed by atoms with Gasteiger partial charge in [0.1, 0.15) is 11.5 Å². The van der Waals surface area contributed by atoms with E-state index in [1.165, 1.54) is 7.11 Å². The Balaban J connectivity index is 2.63. The average molecular weight is 266 g/mol. The van der Waals surface area contributed by atoms with Crippen LogP contribution in [-0.2, 0) is 0 Å². The van der Waals surface area contributed by atoms with Crippen molar-refractivity contribution >= 4 is 17.9 Å². The minimum atomic E-state index is 0.457. The van der Waals surface area contributed by atoms with Crippen molar-refractivity contribution in [3.05, 3.63) is 41.2 Å². The number of halogens is 1. The number of carbonyl (C=O) groups is 1. The van der Waals surface area contributed by atoms with E-state index in [0.717, 1.165) is 6.29 Å². The zero-order valence-electron chi connectivity index (χ0n) is 10.0. The number of rotatable bonds is 4. The van der Waals surface area contributed by atoms with Crippen molar-refractivity contribution in [3.63, 3.8) is 0 Å². The molecule has 0 amide bonds. The van der Waals surface area contributed by atoms with Gasteiger partial charge < -0.3 is 14.0 Å². The van der Waals surface area contributed by atoms with E-state index in [1.54, 1.807) is 42.1 Å². The maximum Gasteiger partial charge on any atom is 0.166 e. The second kappa shape index (κ2) is 5.14. The fourth-order valence-electron chi connectivity index (χ4n) is 1.74. The number of benzene rings is 1. The largest absolute Gasteiger partial charge is 0.495 e. The van der Waals surface area contributed by atoms with Crippen LogP contribution in [0.2, 0.25) is 5.02 Å². The molecule has 0 aliphatic heterocycles. The zero-order chi connectivity index (χ0) is 13.1. The number of ether oxygens (including phenoxy) is 2. The van der Waals surface area contributed by atoms with Gasteiger partial charge in [0.2, 0.25) is 0 Å². The van der Waals surface area contributed by atoms with Crippen molar-refractivity contribution in [1.82, 2.24) is 4.57 Å². The zero-order valence-corrected chi connectivity index (χ0v) is 10.8. The Labute approximate surface area is 110 Å². The number of hydrogen-bond donors (Lipinski definition) is 0. The van der Waals surface area contributed by atoms with E-state index in [4.69, 9.17) is 21.1 Å². The molecule has 0 aliphatic carbocycles. The van der Waals surface area contributed by atoms with E-state index in [2.05, 4.69) is 0 Å². The van der Waals surface area contributed by atoms with Crippen molar-refractivity contribution in [2.45, 2.75) is 0 Å². The van der Waals surface area contributed by atoms with Crippen molar-refractivity contribution in [1.29, 1.82) is 0 Å². The summed E-state index contributed by atoms with van der Waals surface area (Å²) in [6, 6.07) is 6.88. The smallest absolute Gasteiger partial charge is 0.166 e. The van der Waals surface area contributed by atoms with E-state index >= 15 is 0 Å². The highest BCUT2D eigenvalue weighted by Crippen LogP contribution is 2.35. The predicted molar refractivity (Wildman–Crippen MR) is 69.3 cm³/mol. The predicted octanol–water partition coefficient (Wildman–Crippen LogP) is 2.96. The summed E-state index contributed by atoms with van der Waals surface area (Å²) in [4.78, 5) is 11.0. The van der Waals surface area contributed by atoms with E-state index in [0.29, 0.717) is 27.9 Å². The molecule has 0 radical (unpaired) electrons. The first-order chi connectivity index (χ1) is 8.71. The average Bonchev–Trinajstić information content (AvgIpc) is 2.86. The van der Waals surface area contributed by atoms with Crippen LogP contribution in [0.15, 0.2) is 30.5 Å². The van der Waals surface area contributed by atoms with Gasteiger partial charge in [-0.25, -0.2) is 0 Å². The van der Waals surface area contributed by atoms with E-state index in [9.17, 15) is 4.79 Å². The number of methoxy groups -OCH3 is 2. The Morgan fingerprint density at radius 3 is 2.56 bits per heavy atom. The van der Waals surface area contributed by atoms with Gasteiger partial charge in [0.05, 0.1) is 30.6 Å². The van der Waals surface area contributed by atoms with Crippen LogP contribution in [0, 0.1) is 0 Å². The molecular weight excluding hydrogens is 254 g/mol. The molecule has 5 heteroatoms. The van der Waals surface area contributed by atoms with Gasteiger partial charge in [-0.1, -0.05) is 11.6 Å².